The number of pyridine rings is 1. The summed E-state index contributed by atoms with van der Waals surface area (Å²) >= 11 is 2.33. The van der Waals surface area contributed by atoms with Gasteiger partial charge in [-0.05, 0) is 58.8 Å². The summed E-state index contributed by atoms with van der Waals surface area (Å²) in [5.74, 6) is 0. The number of benzene rings is 1. The molecule has 1 aromatic carbocycles. The maximum absolute atomic E-state index is 4.14. The minimum Gasteiger partial charge on any atom is -0.380 e. The molecule has 1 N–H and O–H groups in total. The van der Waals surface area contributed by atoms with E-state index in [-0.39, 0.29) is 0 Å². The number of nitrogens with one attached hydrogen (secondary N) is 1. The van der Waals surface area contributed by atoms with E-state index in [1.807, 2.05) is 30.6 Å². The van der Waals surface area contributed by atoms with Crippen molar-refractivity contribution in [3.8, 4) is 0 Å². The summed E-state index contributed by atoms with van der Waals surface area (Å²) in [7, 11) is 0. The maximum atomic E-state index is 4.14. The Balaban J connectivity index is 2.09. The third-order valence-electron chi connectivity index (χ3n) is 2.49. The van der Waals surface area contributed by atoms with E-state index in [1.54, 1.807) is 0 Å². The topological polar surface area (TPSA) is 24.9 Å². The number of rotatable bonds is 3. The first kappa shape index (κ1) is 11.4. The molecule has 0 saturated heterocycles. The van der Waals surface area contributed by atoms with Gasteiger partial charge in [-0.15, -0.1) is 0 Å². The number of halogens is 1. The van der Waals surface area contributed by atoms with Crippen molar-refractivity contribution in [3.05, 3.63) is 57.4 Å². The molecular weight excluding hydrogens is 311 g/mol. The van der Waals surface area contributed by atoms with Gasteiger partial charge in [0.25, 0.3) is 0 Å². The van der Waals surface area contributed by atoms with E-state index in [4.69, 9.17) is 0 Å². The van der Waals surface area contributed by atoms with Crippen LogP contribution in [0.3, 0.4) is 0 Å². The molecule has 16 heavy (non-hydrogen) atoms. The van der Waals surface area contributed by atoms with Gasteiger partial charge in [0.1, 0.15) is 0 Å². The van der Waals surface area contributed by atoms with Gasteiger partial charge in [0.15, 0.2) is 0 Å². The molecule has 0 bridgehead atoms. The van der Waals surface area contributed by atoms with Crippen LogP contribution in [0.2, 0.25) is 0 Å². The second-order valence-corrected chi connectivity index (χ2v) is 4.80. The molecule has 1 aromatic heterocycles. The summed E-state index contributed by atoms with van der Waals surface area (Å²) in [5, 5.41) is 3.42. The van der Waals surface area contributed by atoms with Gasteiger partial charge in [-0.3, -0.25) is 4.98 Å². The van der Waals surface area contributed by atoms with Crippen molar-refractivity contribution in [2.75, 3.05) is 5.32 Å². The van der Waals surface area contributed by atoms with Crippen LogP contribution in [0.4, 0.5) is 5.69 Å². The van der Waals surface area contributed by atoms with Crippen molar-refractivity contribution < 1.29 is 0 Å². The second-order valence-electron chi connectivity index (χ2n) is 3.64. The molecule has 2 rings (SSSR count). The monoisotopic (exact) mass is 324 g/mol. The van der Waals surface area contributed by atoms with E-state index in [1.165, 1.54) is 20.4 Å². The van der Waals surface area contributed by atoms with Crippen LogP contribution >= 0.6 is 22.6 Å². The number of hydrogen-bond donors (Lipinski definition) is 1. The molecule has 1 heterocycles. The molecule has 0 atom stereocenters. The number of aryl methyl sites for hydroxylation is 1. The van der Waals surface area contributed by atoms with Crippen molar-refractivity contribution in [1.82, 2.24) is 4.98 Å². The zero-order valence-corrected chi connectivity index (χ0v) is 11.2. The molecular formula is C13H13IN2. The van der Waals surface area contributed by atoms with Crippen molar-refractivity contribution in [3.63, 3.8) is 0 Å². The molecule has 0 aliphatic heterocycles. The first-order valence-corrected chi connectivity index (χ1v) is 6.23. The molecule has 2 aromatic rings. The molecule has 2 nitrogen and oxygen atoms in total. The molecule has 0 saturated carbocycles. The highest BCUT2D eigenvalue weighted by molar-refractivity contribution is 14.1. The van der Waals surface area contributed by atoms with Gasteiger partial charge < -0.3 is 5.32 Å². The van der Waals surface area contributed by atoms with Gasteiger partial charge in [-0.2, -0.15) is 0 Å². The highest BCUT2D eigenvalue weighted by atomic mass is 127. The Kier molecular flexibility index (Phi) is 3.77. The van der Waals surface area contributed by atoms with Crippen LogP contribution in [-0.2, 0) is 6.54 Å². The fourth-order valence-corrected chi connectivity index (χ4v) is 2.05. The van der Waals surface area contributed by atoms with E-state index in [2.05, 4.69) is 51.9 Å². The molecule has 0 aliphatic rings. The number of para-hydroxylation sites is 1. The first-order valence-electron chi connectivity index (χ1n) is 5.15. The van der Waals surface area contributed by atoms with Crippen LogP contribution in [0, 0.1) is 10.5 Å². The number of aromatic nitrogens is 1. The Bertz CT molecular complexity index is 437. The zero-order valence-electron chi connectivity index (χ0n) is 9.07. The van der Waals surface area contributed by atoms with Crippen LogP contribution in [0.25, 0.3) is 0 Å². The van der Waals surface area contributed by atoms with E-state index < -0.39 is 0 Å². The maximum Gasteiger partial charge on any atom is 0.0478 e. The van der Waals surface area contributed by atoms with Crippen LogP contribution in [-0.4, -0.2) is 4.98 Å². The summed E-state index contributed by atoms with van der Waals surface area (Å²) < 4.78 is 1.24. The lowest BCUT2D eigenvalue weighted by Crippen LogP contribution is -2.02. The Morgan fingerprint density at radius 3 is 2.81 bits per heavy atom. The van der Waals surface area contributed by atoms with E-state index in [0.717, 1.165) is 6.54 Å². The third-order valence-corrected chi connectivity index (χ3v) is 3.43. The van der Waals surface area contributed by atoms with E-state index >= 15 is 0 Å². The van der Waals surface area contributed by atoms with E-state index in [9.17, 15) is 0 Å². The summed E-state index contributed by atoms with van der Waals surface area (Å²) in [4.78, 5) is 4.14. The molecule has 0 spiro atoms. The largest absolute Gasteiger partial charge is 0.380 e. The van der Waals surface area contributed by atoms with Crippen molar-refractivity contribution in [2.24, 2.45) is 0 Å². The number of hydrogen-bond acceptors (Lipinski definition) is 2. The Hall–Kier alpha value is -1.10. The molecule has 82 valence electrons. The summed E-state index contributed by atoms with van der Waals surface area (Å²) in [6, 6.07) is 10.3. The highest BCUT2D eigenvalue weighted by Gasteiger charge is 2.00. The third kappa shape index (κ3) is 2.72. The fraction of sp³-hybridized carbons (Fsp3) is 0.154. The van der Waals surface area contributed by atoms with E-state index in [0.29, 0.717) is 0 Å². The Morgan fingerprint density at radius 1 is 1.25 bits per heavy atom. The predicted octanol–water partition coefficient (Wildman–Crippen LogP) is 3.61. The number of nitrogens with zero attached hydrogens (tertiary/aromatic N) is 1. The van der Waals surface area contributed by atoms with Gasteiger partial charge in [-0.25, -0.2) is 0 Å². The van der Waals surface area contributed by atoms with Gasteiger partial charge in [-0.1, -0.05) is 12.1 Å². The lowest BCUT2D eigenvalue weighted by atomic mass is 10.1. The fourth-order valence-electron chi connectivity index (χ4n) is 1.48. The van der Waals surface area contributed by atoms with Crippen LogP contribution in [0.1, 0.15) is 11.1 Å². The first-order chi connectivity index (χ1) is 7.77. The lowest BCUT2D eigenvalue weighted by molar-refractivity contribution is 1.08. The Morgan fingerprint density at radius 2 is 2.06 bits per heavy atom. The molecule has 0 amide bonds. The molecule has 0 aliphatic carbocycles. The van der Waals surface area contributed by atoms with Crippen LogP contribution < -0.4 is 5.32 Å². The van der Waals surface area contributed by atoms with Gasteiger partial charge in [0.2, 0.25) is 0 Å². The van der Waals surface area contributed by atoms with Crippen LogP contribution in [0.15, 0.2) is 42.7 Å². The molecule has 0 fully saturated rings. The molecule has 0 unspecified atom stereocenters. The predicted molar refractivity (Wildman–Crippen MR) is 75.5 cm³/mol. The summed E-state index contributed by atoms with van der Waals surface area (Å²) in [6.45, 7) is 2.92. The van der Waals surface area contributed by atoms with Gasteiger partial charge in [0.05, 0.1) is 0 Å². The quantitative estimate of drug-likeness (QED) is 0.873. The normalized spacial score (nSPS) is 10.1. The summed E-state index contributed by atoms with van der Waals surface area (Å²) in [6.07, 6.45) is 3.74. The molecule has 0 radical (unpaired) electrons. The van der Waals surface area contributed by atoms with Crippen molar-refractivity contribution >= 4 is 28.3 Å². The average molecular weight is 324 g/mol. The average Bonchev–Trinajstić information content (AvgIpc) is 2.30. The second kappa shape index (κ2) is 5.30. The van der Waals surface area contributed by atoms with Crippen LogP contribution in [0.5, 0.6) is 0 Å². The molecule has 3 heteroatoms. The zero-order chi connectivity index (χ0) is 11.4. The smallest absolute Gasteiger partial charge is 0.0478 e. The Labute approximate surface area is 109 Å². The minimum atomic E-state index is 0.819. The van der Waals surface area contributed by atoms with Gasteiger partial charge >= 0.3 is 0 Å². The van der Waals surface area contributed by atoms with Gasteiger partial charge in [0, 0.05) is 28.2 Å². The van der Waals surface area contributed by atoms with Crippen molar-refractivity contribution in [1.29, 1.82) is 0 Å². The SMILES string of the molecule is Cc1ccncc1CNc1ccccc1I. The highest BCUT2D eigenvalue weighted by Crippen LogP contribution is 2.18. The summed E-state index contributed by atoms with van der Waals surface area (Å²) in [5.41, 5.74) is 3.68. The lowest BCUT2D eigenvalue weighted by Gasteiger charge is -2.09. The minimum absolute atomic E-state index is 0.819. The van der Waals surface area contributed by atoms with Crippen molar-refractivity contribution in [2.45, 2.75) is 13.5 Å². The standard InChI is InChI=1S/C13H13IN2/c1-10-6-7-15-8-11(10)9-16-13-5-3-2-4-12(13)14/h2-8,16H,9H2,1H3. The number of anilines is 1.